The standard InChI is InChI=1S/C18H20ClFN2O/c1-12-2-4-17(16(20)10-12)22-8-6-14(7-9-22)23-18-5-3-13(21)11-15(18)19/h2-5,10-11,14H,6-9,21H2,1H3. The van der Waals surface area contributed by atoms with Crippen molar-refractivity contribution in [2.75, 3.05) is 23.7 Å². The minimum atomic E-state index is -0.161. The first-order chi connectivity index (χ1) is 11.0. The van der Waals surface area contributed by atoms with E-state index in [0.29, 0.717) is 22.1 Å². The molecule has 0 unspecified atom stereocenters. The molecule has 122 valence electrons. The number of benzene rings is 2. The smallest absolute Gasteiger partial charge is 0.146 e. The molecule has 2 N–H and O–H groups in total. The highest BCUT2D eigenvalue weighted by Gasteiger charge is 2.23. The number of nitrogens with two attached hydrogens (primary N) is 1. The lowest BCUT2D eigenvalue weighted by atomic mass is 10.1. The average Bonchev–Trinajstić information content (AvgIpc) is 2.51. The molecule has 0 aliphatic carbocycles. The normalized spacial score (nSPS) is 15.7. The highest BCUT2D eigenvalue weighted by Crippen LogP contribution is 2.30. The van der Waals surface area contributed by atoms with Crippen LogP contribution in [0.25, 0.3) is 0 Å². The predicted octanol–water partition coefficient (Wildman–Crippen LogP) is 4.42. The van der Waals surface area contributed by atoms with Gasteiger partial charge >= 0.3 is 0 Å². The van der Waals surface area contributed by atoms with E-state index in [2.05, 4.69) is 4.90 Å². The Bertz CT molecular complexity index is 699. The molecule has 1 saturated heterocycles. The van der Waals surface area contributed by atoms with Gasteiger partial charge in [0.2, 0.25) is 0 Å². The highest BCUT2D eigenvalue weighted by atomic mass is 35.5. The number of aryl methyl sites for hydroxylation is 1. The van der Waals surface area contributed by atoms with E-state index in [0.717, 1.165) is 31.5 Å². The first-order valence-electron chi connectivity index (χ1n) is 7.76. The summed E-state index contributed by atoms with van der Waals surface area (Å²) in [4.78, 5) is 2.07. The van der Waals surface area contributed by atoms with Crippen molar-refractivity contribution in [3.8, 4) is 5.75 Å². The minimum Gasteiger partial charge on any atom is -0.489 e. The largest absolute Gasteiger partial charge is 0.489 e. The Morgan fingerprint density at radius 3 is 2.57 bits per heavy atom. The van der Waals surface area contributed by atoms with Gasteiger partial charge in [0.25, 0.3) is 0 Å². The zero-order valence-electron chi connectivity index (χ0n) is 13.1. The molecule has 3 nitrogen and oxygen atoms in total. The molecule has 1 aliphatic rings. The fourth-order valence-corrected chi connectivity index (χ4v) is 3.11. The molecule has 0 amide bonds. The summed E-state index contributed by atoms with van der Waals surface area (Å²) in [6.07, 6.45) is 1.74. The van der Waals surface area contributed by atoms with E-state index in [9.17, 15) is 4.39 Å². The van der Waals surface area contributed by atoms with Crippen LogP contribution >= 0.6 is 11.6 Å². The van der Waals surface area contributed by atoms with E-state index in [4.69, 9.17) is 22.1 Å². The molecule has 0 radical (unpaired) electrons. The van der Waals surface area contributed by atoms with E-state index in [1.807, 2.05) is 19.1 Å². The maximum absolute atomic E-state index is 14.1. The van der Waals surface area contributed by atoms with Crippen LogP contribution in [0.1, 0.15) is 18.4 Å². The molecule has 1 heterocycles. The second-order valence-electron chi connectivity index (χ2n) is 5.95. The van der Waals surface area contributed by atoms with E-state index in [1.165, 1.54) is 0 Å². The van der Waals surface area contributed by atoms with Crippen molar-refractivity contribution in [3.63, 3.8) is 0 Å². The summed E-state index contributed by atoms with van der Waals surface area (Å²) in [5.74, 6) is 0.492. The van der Waals surface area contributed by atoms with E-state index >= 15 is 0 Å². The number of hydrogen-bond donors (Lipinski definition) is 1. The number of halogens is 2. The summed E-state index contributed by atoms with van der Waals surface area (Å²) < 4.78 is 20.0. The van der Waals surface area contributed by atoms with Crippen molar-refractivity contribution in [2.24, 2.45) is 0 Å². The quantitative estimate of drug-likeness (QED) is 0.844. The highest BCUT2D eigenvalue weighted by molar-refractivity contribution is 6.32. The zero-order chi connectivity index (χ0) is 16.4. The number of piperidine rings is 1. The first-order valence-corrected chi connectivity index (χ1v) is 8.13. The number of nitrogen functional groups attached to an aromatic ring is 1. The van der Waals surface area contributed by atoms with Crippen LogP contribution in [-0.4, -0.2) is 19.2 Å². The van der Waals surface area contributed by atoms with Crippen molar-refractivity contribution >= 4 is 23.0 Å². The van der Waals surface area contributed by atoms with Gasteiger partial charge in [0.05, 0.1) is 10.7 Å². The fraction of sp³-hybridized carbons (Fsp3) is 0.333. The van der Waals surface area contributed by atoms with E-state index < -0.39 is 0 Å². The van der Waals surface area contributed by atoms with Gasteiger partial charge in [-0.2, -0.15) is 0 Å². The van der Waals surface area contributed by atoms with Gasteiger partial charge in [-0.15, -0.1) is 0 Å². The molecule has 0 atom stereocenters. The van der Waals surface area contributed by atoms with Crippen LogP contribution in [0.15, 0.2) is 36.4 Å². The molecular formula is C18H20ClFN2O. The molecule has 1 aliphatic heterocycles. The number of rotatable bonds is 3. The average molecular weight is 335 g/mol. The Kier molecular flexibility index (Phi) is 4.62. The second-order valence-corrected chi connectivity index (χ2v) is 6.36. The lowest BCUT2D eigenvalue weighted by Crippen LogP contribution is -2.38. The number of hydrogen-bond acceptors (Lipinski definition) is 3. The van der Waals surface area contributed by atoms with E-state index in [-0.39, 0.29) is 11.9 Å². The summed E-state index contributed by atoms with van der Waals surface area (Å²) in [7, 11) is 0. The van der Waals surface area contributed by atoms with Crippen LogP contribution in [0, 0.1) is 12.7 Å². The van der Waals surface area contributed by atoms with Crippen LogP contribution in [0.3, 0.4) is 0 Å². The Labute approximate surface area is 140 Å². The van der Waals surface area contributed by atoms with Gasteiger partial charge in [-0.1, -0.05) is 17.7 Å². The third kappa shape index (κ3) is 3.70. The summed E-state index contributed by atoms with van der Waals surface area (Å²) >= 11 is 6.14. The number of ether oxygens (including phenoxy) is 1. The predicted molar refractivity (Wildman–Crippen MR) is 92.9 cm³/mol. The Morgan fingerprint density at radius 1 is 1.17 bits per heavy atom. The summed E-state index contributed by atoms with van der Waals surface area (Å²) in [5.41, 5.74) is 7.90. The molecule has 23 heavy (non-hydrogen) atoms. The molecule has 2 aromatic carbocycles. The van der Waals surface area contributed by atoms with Crippen molar-refractivity contribution in [2.45, 2.75) is 25.9 Å². The molecule has 1 fully saturated rings. The van der Waals surface area contributed by atoms with Crippen molar-refractivity contribution in [1.82, 2.24) is 0 Å². The van der Waals surface area contributed by atoms with Gasteiger partial charge < -0.3 is 15.4 Å². The Morgan fingerprint density at radius 2 is 1.91 bits per heavy atom. The maximum atomic E-state index is 14.1. The third-order valence-electron chi connectivity index (χ3n) is 4.14. The Balaban J connectivity index is 1.62. The SMILES string of the molecule is Cc1ccc(N2CCC(Oc3ccc(N)cc3Cl)CC2)c(F)c1. The van der Waals surface area contributed by atoms with Crippen LogP contribution < -0.4 is 15.4 Å². The number of nitrogens with zero attached hydrogens (tertiary/aromatic N) is 1. The van der Waals surface area contributed by atoms with Gasteiger partial charge in [0, 0.05) is 31.6 Å². The van der Waals surface area contributed by atoms with Gasteiger partial charge in [-0.05, 0) is 42.8 Å². The molecule has 0 aromatic heterocycles. The fourth-order valence-electron chi connectivity index (χ4n) is 2.88. The number of anilines is 2. The van der Waals surface area contributed by atoms with Crippen molar-refractivity contribution in [1.29, 1.82) is 0 Å². The summed E-state index contributed by atoms with van der Waals surface area (Å²) in [6.45, 7) is 3.41. The second kappa shape index (κ2) is 6.67. The van der Waals surface area contributed by atoms with E-state index in [1.54, 1.807) is 24.3 Å². The third-order valence-corrected chi connectivity index (χ3v) is 4.43. The minimum absolute atomic E-state index is 0.0842. The van der Waals surface area contributed by atoms with Gasteiger partial charge in [-0.25, -0.2) is 4.39 Å². The lowest BCUT2D eigenvalue weighted by Gasteiger charge is -2.34. The molecule has 5 heteroatoms. The molecule has 2 aromatic rings. The molecular weight excluding hydrogens is 315 g/mol. The lowest BCUT2D eigenvalue weighted by molar-refractivity contribution is 0.171. The summed E-state index contributed by atoms with van der Waals surface area (Å²) in [6, 6.07) is 10.6. The molecule has 0 bridgehead atoms. The van der Waals surface area contributed by atoms with Crippen LogP contribution in [-0.2, 0) is 0 Å². The van der Waals surface area contributed by atoms with Crippen molar-refractivity contribution < 1.29 is 9.13 Å². The topological polar surface area (TPSA) is 38.5 Å². The van der Waals surface area contributed by atoms with Crippen LogP contribution in [0.2, 0.25) is 5.02 Å². The van der Waals surface area contributed by atoms with Gasteiger partial charge in [0.1, 0.15) is 17.7 Å². The van der Waals surface area contributed by atoms with Gasteiger partial charge in [-0.3, -0.25) is 0 Å². The molecule has 0 spiro atoms. The van der Waals surface area contributed by atoms with Gasteiger partial charge in [0.15, 0.2) is 0 Å². The Hall–Kier alpha value is -1.94. The zero-order valence-corrected chi connectivity index (χ0v) is 13.8. The van der Waals surface area contributed by atoms with Crippen LogP contribution in [0.5, 0.6) is 5.75 Å². The first kappa shape index (κ1) is 15.9. The maximum Gasteiger partial charge on any atom is 0.146 e. The van der Waals surface area contributed by atoms with Crippen molar-refractivity contribution in [3.05, 3.63) is 52.8 Å². The molecule has 0 saturated carbocycles. The monoisotopic (exact) mass is 334 g/mol. The molecule has 3 rings (SSSR count). The summed E-state index contributed by atoms with van der Waals surface area (Å²) in [5, 5.41) is 0.525. The van der Waals surface area contributed by atoms with Crippen LogP contribution in [0.4, 0.5) is 15.8 Å².